The molecule has 2 unspecified atom stereocenters. The van der Waals surface area contributed by atoms with E-state index in [4.69, 9.17) is 0 Å². The fourth-order valence-electron chi connectivity index (χ4n) is 1.87. The molecular weight excluding hydrogens is 188 g/mol. The van der Waals surface area contributed by atoms with E-state index in [2.05, 4.69) is 0 Å². The number of Topliss-reactive ketones (excluding diaryl/α,β-unsaturated/α-hetero) is 1. The van der Waals surface area contributed by atoms with Gasteiger partial charge in [-0.1, -0.05) is 42.5 Å². The molecule has 0 spiro atoms. The molecule has 78 valence electrons. The van der Waals surface area contributed by atoms with Crippen LogP contribution in [0.5, 0.6) is 0 Å². The predicted octanol–water partition coefficient (Wildman–Crippen LogP) is 2.20. The molecule has 2 atom stereocenters. The molecule has 0 saturated carbocycles. The Balaban J connectivity index is 2.21. The number of hydrogen-bond donors (Lipinski definition) is 1. The van der Waals surface area contributed by atoms with Gasteiger partial charge in [-0.25, -0.2) is 0 Å². The van der Waals surface area contributed by atoms with Crippen molar-refractivity contribution in [3.05, 3.63) is 48.0 Å². The standard InChI is InChI=1S/C13H14O2/c14-12-9-5-4-8-11(12)13(15)10-6-2-1-3-7-10/h1-4,6-8,11-12,14H,5,9H2. The van der Waals surface area contributed by atoms with Gasteiger partial charge in [0.25, 0.3) is 0 Å². The molecule has 1 aliphatic carbocycles. The minimum Gasteiger partial charge on any atom is -0.392 e. The van der Waals surface area contributed by atoms with Crippen LogP contribution in [0.15, 0.2) is 42.5 Å². The largest absolute Gasteiger partial charge is 0.392 e. The number of aliphatic hydroxyl groups excluding tert-OH is 1. The lowest BCUT2D eigenvalue weighted by Gasteiger charge is -2.21. The lowest BCUT2D eigenvalue weighted by Crippen LogP contribution is -2.28. The Kier molecular flexibility index (Phi) is 2.97. The van der Waals surface area contributed by atoms with E-state index < -0.39 is 6.10 Å². The van der Waals surface area contributed by atoms with E-state index in [1.54, 1.807) is 12.1 Å². The van der Waals surface area contributed by atoms with Gasteiger partial charge in [0.2, 0.25) is 0 Å². The molecule has 0 fully saturated rings. The van der Waals surface area contributed by atoms with Crippen LogP contribution in [0.25, 0.3) is 0 Å². The summed E-state index contributed by atoms with van der Waals surface area (Å²) in [5, 5.41) is 9.73. The molecule has 1 aliphatic rings. The lowest BCUT2D eigenvalue weighted by atomic mass is 9.86. The Bertz CT molecular complexity index is 367. The highest BCUT2D eigenvalue weighted by atomic mass is 16.3. The summed E-state index contributed by atoms with van der Waals surface area (Å²) >= 11 is 0. The molecule has 2 heteroatoms. The van der Waals surface area contributed by atoms with Crippen LogP contribution in [0.1, 0.15) is 23.2 Å². The van der Waals surface area contributed by atoms with Crippen molar-refractivity contribution < 1.29 is 9.90 Å². The van der Waals surface area contributed by atoms with Gasteiger partial charge < -0.3 is 5.11 Å². The van der Waals surface area contributed by atoms with Gasteiger partial charge in [0.15, 0.2) is 5.78 Å². The minimum atomic E-state index is -0.525. The minimum absolute atomic E-state index is 0.0130. The van der Waals surface area contributed by atoms with Crippen LogP contribution < -0.4 is 0 Å². The van der Waals surface area contributed by atoms with E-state index in [0.29, 0.717) is 12.0 Å². The first-order chi connectivity index (χ1) is 7.29. The van der Waals surface area contributed by atoms with Crippen molar-refractivity contribution in [2.75, 3.05) is 0 Å². The van der Waals surface area contributed by atoms with Crippen LogP contribution in [-0.2, 0) is 0 Å². The number of ketones is 1. The van der Waals surface area contributed by atoms with Crippen molar-refractivity contribution in [1.29, 1.82) is 0 Å². The molecule has 1 aromatic carbocycles. The smallest absolute Gasteiger partial charge is 0.172 e. The summed E-state index contributed by atoms with van der Waals surface area (Å²) in [6.07, 6.45) is 4.81. The summed E-state index contributed by atoms with van der Waals surface area (Å²) in [4.78, 5) is 12.0. The quantitative estimate of drug-likeness (QED) is 0.589. The highest BCUT2D eigenvalue weighted by Gasteiger charge is 2.26. The second kappa shape index (κ2) is 4.41. The zero-order chi connectivity index (χ0) is 10.7. The molecule has 15 heavy (non-hydrogen) atoms. The Morgan fingerprint density at radius 3 is 2.67 bits per heavy atom. The SMILES string of the molecule is O=C(c1ccccc1)C1C=CCCC1O. The van der Waals surface area contributed by atoms with E-state index in [1.807, 2.05) is 30.4 Å². The third-order valence-corrected chi connectivity index (χ3v) is 2.75. The van der Waals surface area contributed by atoms with Crippen molar-refractivity contribution >= 4 is 5.78 Å². The molecule has 0 bridgehead atoms. The Labute approximate surface area is 89.2 Å². The zero-order valence-electron chi connectivity index (χ0n) is 8.47. The van der Waals surface area contributed by atoms with Crippen LogP contribution in [0.2, 0.25) is 0 Å². The van der Waals surface area contributed by atoms with Crippen molar-refractivity contribution in [2.24, 2.45) is 5.92 Å². The fourth-order valence-corrected chi connectivity index (χ4v) is 1.87. The average Bonchev–Trinajstić information content (AvgIpc) is 2.30. The normalized spacial score (nSPS) is 25.1. The highest BCUT2D eigenvalue weighted by molar-refractivity contribution is 5.99. The summed E-state index contributed by atoms with van der Waals surface area (Å²) in [6.45, 7) is 0. The van der Waals surface area contributed by atoms with Gasteiger partial charge in [-0.2, -0.15) is 0 Å². The summed E-state index contributed by atoms with van der Waals surface area (Å²) in [6, 6.07) is 9.14. The first kappa shape index (κ1) is 10.1. The van der Waals surface area contributed by atoms with Crippen LogP contribution in [0.3, 0.4) is 0 Å². The van der Waals surface area contributed by atoms with Crippen LogP contribution in [0.4, 0.5) is 0 Å². The zero-order valence-corrected chi connectivity index (χ0v) is 8.47. The molecule has 0 aliphatic heterocycles. The van der Waals surface area contributed by atoms with Gasteiger partial charge >= 0.3 is 0 Å². The third kappa shape index (κ3) is 2.16. The van der Waals surface area contributed by atoms with E-state index >= 15 is 0 Å². The Morgan fingerprint density at radius 1 is 1.27 bits per heavy atom. The van der Waals surface area contributed by atoms with Crippen molar-refractivity contribution in [3.63, 3.8) is 0 Å². The second-order valence-electron chi connectivity index (χ2n) is 3.83. The maximum atomic E-state index is 12.0. The molecule has 1 aromatic rings. The monoisotopic (exact) mass is 202 g/mol. The summed E-state index contributed by atoms with van der Waals surface area (Å²) in [7, 11) is 0. The summed E-state index contributed by atoms with van der Waals surface area (Å²) in [5.41, 5.74) is 0.674. The van der Waals surface area contributed by atoms with Gasteiger partial charge in [0, 0.05) is 5.56 Å². The fraction of sp³-hybridized carbons (Fsp3) is 0.308. The summed E-state index contributed by atoms with van der Waals surface area (Å²) in [5.74, 6) is -0.347. The number of aliphatic hydroxyl groups is 1. The van der Waals surface area contributed by atoms with Crippen LogP contribution in [0, 0.1) is 5.92 Å². The number of carbonyl (C=O) groups is 1. The van der Waals surface area contributed by atoms with E-state index in [-0.39, 0.29) is 11.7 Å². The number of benzene rings is 1. The summed E-state index contributed by atoms with van der Waals surface area (Å²) < 4.78 is 0. The molecule has 1 N–H and O–H groups in total. The maximum absolute atomic E-state index is 12.0. The topological polar surface area (TPSA) is 37.3 Å². The van der Waals surface area contributed by atoms with Gasteiger partial charge in [0.05, 0.1) is 12.0 Å². The maximum Gasteiger partial charge on any atom is 0.172 e. The molecule has 2 rings (SSSR count). The second-order valence-corrected chi connectivity index (χ2v) is 3.83. The van der Waals surface area contributed by atoms with Crippen LogP contribution >= 0.6 is 0 Å². The lowest BCUT2D eigenvalue weighted by molar-refractivity contribution is 0.0730. The molecule has 0 amide bonds. The van der Waals surface area contributed by atoms with Crippen LogP contribution in [-0.4, -0.2) is 17.0 Å². The van der Waals surface area contributed by atoms with E-state index in [0.717, 1.165) is 6.42 Å². The first-order valence-corrected chi connectivity index (χ1v) is 5.23. The molecule has 0 saturated heterocycles. The average molecular weight is 202 g/mol. The van der Waals surface area contributed by atoms with Crippen molar-refractivity contribution in [2.45, 2.75) is 18.9 Å². The van der Waals surface area contributed by atoms with Gasteiger partial charge in [0.1, 0.15) is 0 Å². The van der Waals surface area contributed by atoms with E-state index in [1.165, 1.54) is 0 Å². The highest BCUT2D eigenvalue weighted by Crippen LogP contribution is 2.21. The molecule has 0 heterocycles. The van der Waals surface area contributed by atoms with Gasteiger partial charge in [-0.15, -0.1) is 0 Å². The number of allylic oxidation sites excluding steroid dienone is 1. The molecule has 0 aromatic heterocycles. The Morgan fingerprint density at radius 2 is 2.00 bits per heavy atom. The third-order valence-electron chi connectivity index (χ3n) is 2.75. The number of carbonyl (C=O) groups excluding carboxylic acids is 1. The molecule has 2 nitrogen and oxygen atoms in total. The van der Waals surface area contributed by atoms with Crippen molar-refractivity contribution in [3.8, 4) is 0 Å². The van der Waals surface area contributed by atoms with Gasteiger partial charge in [-0.05, 0) is 12.8 Å². The van der Waals surface area contributed by atoms with Gasteiger partial charge in [-0.3, -0.25) is 4.79 Å². The van der Waals surface area contributed by atoms with Crippen molar-refractivity contribution in [1.82, 2.24) is 0 Å². The Hall–Kier alpha value is -1.41. The van der Waals surface area contributed by atoms with E-state index in [9.17, 15) is 9.90 Å². The molecule has 0 radical (unpaired) electrons. The molecular formula is C13H14O2. The number of hydrogen-bond acceptors (Lipinski definition) is 2. The first-order valence-electron chi connectivity index (χ1n) is 5.23. The number of rotatable bonds is 2. The predicted molar refractivity (Wildman–Crippen MR) is 58.6 cm³/mol.